The van der Waals surface area contributed by atoms with E-state index in [9.17, 15) is 4.79 Å². The molecule has 0 heterocycles. The van der Waals surface area contributed by atoms with Gasteiger partial charge in [-0.3, -0.25) is 0 Å². The summed E-state index contributed by atoms with van der Waals surface area (Å²) < 4.78 is 15.3. The zero-order chi connectivity index (χ0) is 14.1. The second-order valence-electron chi connectivity index (χ2n) is 4.13. The van der Waals surface area contributed by atoms with Gasteiger partial charge in [0.1, 0.15) is 0 Å². The van der Waals surface area contributed by atoms with Gasteiger partial charge < -0.3 is 19.9 Å². The first kappa shape index (κ1) is 15.5. The Kier molecular flexibility index (Phi) is 6.92. The van der Waals surface area contributed by atoms with E-state index in [1.54, 1.807) is 13.2 Å². The van der Waals surface area contributed by atoms with Crippen molar-refractivity contribution in [1.29, 1.82) is 0 Å². The highest BCUT2D eigenvalue weighted by atomic mass is 16.5. The number of methoxy groups -OCH3 is 1. The van der Waals surface area contributed by atoms with Gasteiger partial charge in [0.25, 0.3) is 0 Å². The van der Waals surface area contributed by atoms with Crippen LogP contribution in [0.25, 0.3) is 0 Å². The molecule has 0 bridgehead atoms. The Bertz CT molecular complexity index is 386. The standard InChI is InChI=1S/C14H21NO4/c1-11-5-3-6-12(15)13(11)14(16)19-8-4-7-18-10-9-17-2/h3,5-6H,4,7-10,15H2,1-2H3. The summed E-state index contributed by atoms with van der Waals surface area (Å²) in [5, 5.41) is 0. The summed E-state index contributed by atoms with van der Waals surface area (Å²) in [6.45, 7) is 3.81. The summed E-state index contributed by atoms with van der Waals surface area (Å²) in [4.78, 5) is 11.9. The first-order valence-electron chi connectivity index (χ1n) is 6.25. The summed E-state index contributed by atoms with van der Waals surface area (Å²) in [5.74, 6) is -0.382. The van der Waals surface area contributed by atoms with E-state index in [0.717, 1.165) is 5.56 Å². The maximum absolute atomic E-state index is 11.9. The molecule has 0 radical (unpaired) electrons. The number of benzene rings is 1. The number of ether oxygens (including phenoxy) is 3. The monoisotopic (exact) mass is 267 g/mol. The van der Waals surface area contributed by atoms with Crippen LogP contribution in [0.15, 0.2) is 18.2 Å². The van der Waals surface area contributed by atoms with Crippen LogP contribution in [0.4, 0.5) is 5.69 Å². The molecule has 0 fully saturated rings. The molecular weight excluding hydrogens is 246 g/mol. The van der Waals surface area contributed by atoms with E-state index in [-0.39, 0.29) is 5.97 Å². The summed E-state index contributed by atoms with van der Waals surface area (Å²) in [6.07, 6.45) is 0.654. The largest absolute Gasteiger partial charge is 0.462 e. The van der Waals surface area contributed by atoms with Crippen molar-refractivity contribution in [2.75, 3.05) is 39.3 Å². The van der Waals surface area contributed by atoms with Crippen molar-refractivity contribution in [3.63, 3.8) is 0 Å². The van der Waals surface area contributed by atoms with E-state index in [0.29, 0.717) is 44.1 Å². The second kappa shape index (κ2) is 8.50. The summed E-state index contributed by atoms with van der Waals surface area (Å²) in [6, 6.07) is 5.34. The maximum Gasteiger partial charge on any atom is 0.340 e. The van der Waals surface area contributed by atoms with E-state index in [1.807, 2.05) is 19.1 Å². The first-order chi connectivity index (χ1) is 9.16. The SMILES string of the molecule is COCCOCCCOC(=O)c1c(C)cccc1N. The quantitative estimate of drug-likeness (QED) is 0.441. The van der Waals surface area contributed by atoms with Gasteiger partial charge in [0.2, 0.25) is 0 Å². The van der Waals surface area contributed by atoms with Crippen LogP contribution in [0.2, 0.25) is 0 Å². The number of anilines is 1. The molecule has 0 saturated heterocycles. The zero-order valence-electron chi connectivity index (χ0n) is 11.5. The van der Waals surface area contributed by atoms with Gasteiger partial charge in [-0.2, -0.15) is 0 Å². The van der Waals surface area contributed by atoms with Crippen LogP contribution < -0.4 is 5.73 Å². The maximum atomic E-state index is 11.9. The predicted octanol–water partition coefficient (Wildman–Crippen LogP) is 1.79. The molecule has 1 rings (SSSR count). The van der Waals surface area contributed by atoms with Gasteiger partial charge in [0.15, 0.2) is 0 Å². The van der Waals surface area contributed by atoms with Crippen LogP contribution in [-0.4, -0.2) is 39.5 Å². The normalized spacial score (nSPS) is 10.4. The molecule has 0 aliphatic rings. The lowest BCUT2D eigenvalue weighted by atomic mass is 10.1. The van der Waals surface area contributed by atoms with Gasteiger partial charge in [-0.1, -0.05) is 12.1 Å². The van der Waals surface area contributed by atoms with Crippen LogP contribution in [-0.2, 0) is 14.2 Å². The third-order valence-electron chi connectivity index (χ3n) is 2.61. The van der Waals surface area contributed by atoms with Crippen molar-refractivity contribution in [2.24, 2.45) is 0 Å². The second-order valence-corrected chi connectivity index (χ2v) is 4.13. The van der Waals surface area contributed by atoms with Crippen molar-refractivity contribution in [1.82, 2.24) is 0 Å². The summed E-state index contributed by atoms with van der Waals surface area (Å²) in [5.41, 5.74) is 7.48. The Morgan fingerprint density at radius 1 is 1.21 bits per heavy atom. The van der Waals surface area contributed by atoms with E-state index >= 15 is 0 Å². The average molecular weight is 267 g/mol. The first-order valence-corrected chi connectivity index (χ1v) is 6.25. The summed E-state index contributed by atoms with van der Waals surface area (Å²) >= 11 is 0. The number of nitrogens with two attached hydrogens (primary N) is 1. The zero-order valence-corrected chi connectivity index (χ0v) is 11.5. The fraction of sp³-hybridized carbons (Fsp3) is 0.500. The van der Waals surface area contributed by atoms with Crippen LogP contribution in [0.1, 0.15) is 22.3 Å². The minimum absolute atomic E-state index is 0.319. The van der Waals surface area contributed by atoms with Crippen LogP contribution in [0.3, 0.4) is 0 Å². The fourth-order valence-electron chi connectivity index (χ4n) is 1.61. The predicted molar refractivity (Wildman–Crippen MR) is 73.2 cm³/mol. The molecule has 0 aromatic heterocycles. The van der Waals surface area contributed by atoms with Crippen molar-refractivity contribution in [3.05, 3.63) is 29.3 Å². The third-order valence-corrected chi connectivity index (χ3v) is 2.61. The Morgan fingerprint density at radius 2 is 2.00 bits per heavy atom. The van der Waals surface area contributed by atoms with Crippen molar-refractivity contribution >= 4 is 11.7 Å². The molecule has 0 aliphatic heterocycles. The van der Waals surface area contributed by atoms with Crippen LogP contribution >= 0.6 is 0 Å². The van der Waals surface area contributed by atoms with Gasteiger partial charge in [-0.15, -0.1) is 0 Å². The molecule has 0 amide bonds. The van der Waals surface area contributed by atoms with E-state index in [2.05, 4.69) is 0 Å². The number of carbonyl (C=O) groups is 1. The number of aryl methyl sites for hydroxylation is 1. The molecule has 0 saturated carbocycles. The lowest BCUT2D eigenvalue weighted by molar-refractivity contribution is 0.0386. The lowest BCUT2D eigenvalue weighted by Crippen LogP contribution is -2.12. The van der Waals surface area contributed by atoms with Crippen LogP contribution in [0, 0.1) is 6.92 Å². The van der Waals surface area contributed by atoms with Crippen LogP contribution in [0.5, 0.6) is 0 Å². The van der Waals surface area contributed by atoms with Gasteiger partial charge in [-0.25, -0.2) is 4.79 Å². The van der Waals surface area contributed by atoms with Gasteiger partial charge in [0.05, 0.1) is 25.4 Å². The van der Waals surface area contributed by atoms with Gasteiger partial charge in [0, 0.05) is 25.8 Å². The minimum atomic E-state index is -0.382. The Balaban J connectivity index is 2.28. The molecule has 0 aliphatic carbocycles. The number of hydrogen-bond acceptors (Lipinski definition) is 5. The topological polar surface area (TPSA) is 70.8 Å². The molecule has 5 heteroatoms. The molecule has 5 nitrogen and oxygen atoms in total. The van der Waals surface area contributed by atoms with E-state index < -0.39 is 0 Å². The Labute approximate surface area is 113 Å². The Hall–Kier alpha value is -1.59. The molecule has 0 spiro atoms. The number of nitrogen functional groups attached to an aromatic ring is 1. The molecule has 1 aromatic rings. The number of rotatable bonds is 8. The fourth-order valence-corrected chi connectivity index (χ4v) is 1.61. The molecule has 106 valence electrons. The van der Waals surface area contributed by atoms with Gasteiger partial charge in [-0.05, 0) is 18.6 Å². The van der Waals surface area contributed by atoms with E-state index in [1.165, 1.54) is 0 Å². The minimum Gasteiger partial charge on any atom is -0.462 e. The van der Waals surface area contributed by atoms with Crippen molar-refractivity contribution < 1.29 is 19.0 Å². The molecule has 0 unspecified atom stereocenters. The summed E-state index contributed by atoms with van der Waals surface area (Å²) in [7, 11) is 1.62. The number of esters is 1. The number of carbonyl (C=O) groups excluding carboxylic acids is 1. The van der Waals surface area contributed by atoms with Gasteiger partial charge >= 0.3 is 5.97 Å². The van der Waals surface area contributed by atoms with Crippen molar-refractivity contribution in [2.45, 2.75) is 13.3 Å². The molecule has 2 N–H and O–H groups in total. The molecule has 0 atom stereocenters. The average Bonchev–Trinajstić information content (AvgIpc) is 2.37. The van der Waals surface area contributed by atoms with E-state index in [4.69, 9.17) is 19.9 Å². The smallest absolute Gasteiger partial charge is 0.340 e. The highest BCUT2D eigenvalue weighted by molar-refractivity contribution is 5.96. The molecule has 1 aromatic carbocycles. The highest BCUT2D eigenvalue weighted by Gasteiger charge is 2.13. The number of hydrogen-bond donors (Lipinski definition) is 1. The molecule has 19 heavy (non-hydrogen) atoms. The highest BCUT2D eigenvalue weighted by Crippen LogP contribution is 2.17. The molecular formula is C14H21NO4. The lowest BCUT2D eigenvalue weighted by Gasteiger charge is -2.09. The van der Waals surface area contributed by atoms with Crippen molar-refractivity contribution in [3.8, 4) is 0 Å². The third kappa shape index (κ3) is 5.28. The Morgan fingerprint density at radius 3 is 2.68 bits per heavy atom.